The molecule has 0 bridgehead atoms. The van der Waals surface area contributed by atoms with E-state index < -0.39 is 0 Å². The van der Waals surface area contributed by atoms with Gasteiger partial charge in [-0.15, -0.1) is 0 Å². The van der Waals surface area contributed by atoms with Gasteiger partial charge in [0.2, 0.25) is 0 Å². The van der Waals surface area contributed by atoms with Crippen LogP contribution < -0.4 is 0 Å². The van der Waals surface area contributed by atoms with Gasteiger partial charge in [-0.3, -0.25) is 14.5 Å². The lowest BCUT2D eigenvalue weighted by Crippen LogP contribution is -2.56. The van der Waals surface area contributed by atoms with Crippen molar-refractivity contribution in [2.24, 2.45) is 7.05 Å². The molecule has 124 valence electrons. The molecule has 5 nitrogen and oxygen atoms in total. The Kier molecular flexibility index (Phi) is 5.16. The molecular formula is C17H30N4O. The minimum atomic E-state index is 0.299. The number of aliphatic hydroxyl groups is 1. The van der Waals surface area contributed by atoms with Gasteiger partial charge in [0.15, 0.2) is 0 Å². The second-order valence-corrected chi connectivity index (χ2v) is 6.96. The Bertz CT molecular complexity index is 481. The molecule has 0 spiro atoms. The van der Waals surface area contributed by atoms with Crippen LogP contribution in [0.3, 0.4) is 0 Å². The molecule has 1 N–H and O–H groups in total. The van der Waals surface area contributed by atoms with Gasteiger partial charge in [-0.05, 0) is 26.2 Å². The highest BCUT2D eigenvalue weighted by atomic mass is 16.3. The van der Waals surface area contributed by atoms with E-state index in [1.165, 1.54) is 36.9 Å². The van der Waals surface area contributed by atoms with Gasteiger partial charge in [-0.2, -0.15) is 5.10 Å². The number of rotatable bonds is 5. The zero-order valence-electron chi connectivity index (χ0n) is 14.0. The van der Waals surface area contributed by atoms with E-state index in [4.69, 9.17) is 0 Å². The van der Waals surface area contributed by atoms with Gasteiger partial charge >= 0.3 is 0 Å². The molecule has 1 saturated heterocycles. The molecule has 2 aliphatic rings. The van der Waals surface area contributed by atoms with Gasteiger partial charge in [-0.1, -0.05) is 12.8 Å². The van der Waals surface area contributed by atoms with Gasteiger partial charge < -0.3 is 5.11 Å². The molecule has 22 heavy (non-hydrogen) atoms. The first-order chi connectivity index (χ1) is 10.7. The number of aliphatic hydroxyl groups excluding tert-OH is 1. The molecular weight excluding hydrogens is 276 g/mol. The topological polar surface area (TPSA) is 44.5 Å². The average Bonchev–Trinajstić information content (AvgIpc) is 3.14. The summed E-state index contributed by atoms with van der Waals surface area (Å²) in [5.74, 6) is 0. The summed E-state index contributed by atoms with van der Waals surface area (Å²) in [4.78, 5) is 5.23. The van der Waals surface area contributed by atoms with E-state index >= 15 is 0 Å². The van der Waals surface area contributed by atoms with Crippen LogP contribution in [0.2, 0.25) is 0 Å². The quantitative estimate of drug-likeness (QED) is 0.896. The maximum Gasteiger partial charge on any atom is 0.0537 e. The van der Waals surface area contributed by atoms with Crippen molar-refractivity contribution >= 4 is 0 Å². The first kappa shape index (κ1) is 16.0. The number of aromatic nitrogens is 2. The number of hydrogen-bond acceptors (Lipinski definition) is 4. The van der Waals surface area contributed by atoms with Crippen molar-refractivity contribution in [1.29, 1.82) is 0 Å². The summed E-state index contributed by atoms with van der Waals surface area (Å²) < 4.78 is 1.95. The number of aryl methyl sites for hydroxylation is 1. The van der Waals surface area contributed by atoms with Crippen LogP contribution in [-0.2, 0) is 13.6 Å². The lowest BCUT2D eigenvalue weighted by atomic mass is 10.0. The second-order valence-electron chi connectivity index (χ2n) is 6.96. The summed E-state index contributed by atoms with van der Waals surface area (Å²) >= 11 is 0. The Morgan fingerprint density at radius 2 is 2.05 bits per heavy atom. The Morgan fingerprint density at radius 1 is 1.27 bits per heavy atom. The standard InChI is InChI=1S/C17H30N4O/c1-14-15(11-18-19(14)2)12-20-8-9-21(16-5-3-4-6-16)17(13-20)7-10-22/h11,16-17,22H,3-10,12-13H2,1-2H3. The number of piperazine rings is 1. The third-order valence-electron chi connectivity index (χ3n) is 5.60. The van der Waals surface area contributed by atoms with Gasteiger partial charge in [0, 0.05) is 63.2 Å². The highest BCUT2D eigenvalue weighted by Crippen LogP contribution is 2.28. The molecule has 1 unspecified atom stereocenters. The minimum absolute atomic E-state index is 0.299. The van der Waals surface area contributed by atoms with E-state index in [9.17, 15) is 5.11 Å². The van der Waals surface area contributed by atoms with Crippen LogP contribution in [0.1, 0.15) is 43.4 Å². The van der Waals surface area contributed by atoms with E-state index in [1.807, 2.05) is 17.9 Å². The average molecular weight is 306 g/mol. The van der Waals surface area contributed by atoms with Gasteiger partial charge in [-0.25, -0.2) is 0 Å². The predicted molar refractivity (Wildman–Crippen MR) is 87.7 cm³/mol. The molecule has 0 aromatic carbocycles. The van der Waals surface area contributed by atoms with Crippen LogP contribution in [0.25, 0.3) is 0 Å². The van der Waals surface area contributed by atoms with Crippen molar-refractivity contribution < 1.29 is 5.11 Å². The Hall–Kier alpha value is -0.910. The van der Waals surface area contributed by atoms with Crippen molar-refractivity contribution in [3.05, 3.63) is 17.5 Å². The fourth-order valence-corrected chi connectivity index (χ4v) is 4.14. The van der Waals surface area contributed by atoms with Crippen LogP contribution in [-0.4, -0.2) is 63.0 Å². The fraction of sp³-hybridized carbons (Fsp3) is 0.824. The van der Waals surface area contributed by atoms with E-state index in [2.05, 4.69) is 21.8 Å². The van der Waals surface area contributed by atoms with E-state index in [0.29, 0.717) is 12.6 Å². The Balaban J connectivity index is 1.63. The Labute approximate surface area is 133 Å². The smallest absolute Gasteiger partial charge is 0.0537 e. The van der Waals surface area contributed by atoms with Crippen molar-refractivity contribution in [3.63, 3.8) is 0 Å². The minimum Gasteiger partial charge on any atom is -0.396 e. The van der Waals surface area contributed by atoms with Gasteiger partial charge in [0.1, 0.15) is 0 Å². The summed E-state index contributed by atoms with van der Waals surface area (Å²) in [5, 5.41) is 13.8. The van der Waals surface area contributed by atoms with Crippen molar-refractivity contribution in [2.75, 3.05) is 26.2 Å². The predicted octanol–water partition coefficient (Wildman–Crippen LogP) is 1.54. The van der Waals surface area contributed by atoms with Crippen LogP contribution in [0.15, 0.2) is 6.20 Å². The maximum atomic E-state index is 9.44. The van der Waals surface area contributed by atoms with Crippen molar-refractivity contribution in [1.82, 2.24) is 19.6 Å². The molecule has 1 atom stereocenters. The fourth-order valence-electron chi connectivity index (χ4n) is 4.14. The highest BCUT2D eigenvalue weighted by Gasteiger charge is 2.33. The van der Waals surface area contributed by atoms with Gasteiger partial charge in [0.05, 0.1) is 6.20 Å². The summed E-state index contributed by atoms with van der Waals surface area (Å²) in [6.45, 7) is 6.78. The monoisotopic (exact) mass is 306 g/mol. The zero-order valence-corrected chi connectivity index (χ0v) is 14.0. The molecule has 2 fully saturated rings. The molecule has 1 aliphatic heterocycles. The summed E-state index contributed by atoms with van der Waals surface area (Å²) in [5.41, 5.74) is 2.59. The lowest BCUT2D eigenvalue weighted by molar-refractivity contribution is 0.0266. The molecule has 0 amide bonds. The molecule has 1 aliphatic carbocycles. The summed E-state index contributed by atoms with van der Waals surface area (Å²) in [7, 11) is 2.01. The normalized spacial score (nSPS) is 25.1. The van der Waals surface area contributed by atoms with Crippen LogP contribution in [0.4, 0.5) is 0 Å². The third-order valence-corrected chi connectivity index (χ3v) is 5.60. The number of hydrogen-bond donors (Lipinski definition) is 1. The summed E-state index contributed by atoms with van der Waals surface area (Å²) in [6.07, 6.45) is 8.36. The zero-order chi connectivity index (χ0) is 15.5. The molecule has 3 rings (SSSR count). The van der Waals surface area contributed by atoms with Crippen LogP contribution in [0.5, 0.6) is 0 Å². The Morgan fingerprint density at radius 3 is 2.68 bits per heavy atom. The first-order valence-electron chi connectivity index (χ1n) is 8.75. The third kappa shape index (κ3) is 3.36. The molecule has 2 heterocycles. The highest BCUT2D eigenvalue weighted by molar-refractivity contribution is 5.15. The first-order valence-corrected chi connectivity index (χ1v) is 8.75. The van der Waals surface area contributed by atoms with Gasteiger partial charge in [0.25, 0.3) is 0 Å². The molecule has 1 aromatic heterocycles. The van der Waals surface area contributed by atoms with Crippen LogP contribution in [0, 0.1) is 6.92 Å². The largest absolute Gasteiger partial charge is 0.396 e. The van der Waals surface area contributed by atoms with E-state index in [-0.39, 0.29) is 0 Å². The van der Waals surface area contributed by atoms with E-state index in [1.54, 1.807) is 0 Å². The summed E-state index contributed by atoms with van der Waals surface area (Å²) in [6, 6.07) is 1.28. The number of nitrogens with zero attached hydrogens (tertiary/aromatic N) is 4. The van der Waals surface area contributed by atoms with Crippen LogP contribution >= 0.6 is 0 Å². The molecule has 5 heteroatoms. The molecule has 1 aromatic rings. The molecule has 0 radical (unpaired) electrons. The van der Waals surface area contributed by atoms with E-state index in [0.717, 1.165) is 38.6 Å². The second kappa shape index (κ2) is 7.11. The lowest BCUT2D eigenvalue weighted by Gasteiger charge is -2.44. The SMILES string of the molecule is Cc1c(CN2CCN(C3CCCC3)C(CCO)C2)cnn1C. The molecule has 1 saturated carbocycles. The van der Waals surface area contributed by atoms with Crippen molar-refractivity contribution in [3.8, 4) is 0 Å². The maximum absolute atomic E-state index is 9.44. The van der Waals surface area contributed by atoms with Crippen molar-refractivity contribution in [2.45, 2.75) is 57.7 Å².